The Bertz CT molecular complexity index is 691. The van der Waals surface area contributed by atoms with Gasteiger partial charge in [-0.2, -0.15) is 0 Å². The lowest BCUT2D eigenvalue weighted by atomic mass is 10.2. The lowest BCUT2D eigenvalue weighted by Crippen LogP contribution is -2.09. The van der Waals surface area contributed by atoms with Crippen molar-refractivity contribution in [2.75, 3.05) is 17.3 Å². The summed E-state index contributed by atoms with van der Waals surface area (Å²) in [6, 6.07) is 29.3. The van der Waals surface area contributed by atoms with Gasteiger partial charge in [-0.05, 0) is 42.0 Å². The topological polar surface area (TPSA) is 15.3 Å². The number of anilines is 3. The van der Waals surface area contributed by atoms with Gasteiger partial charge in [0.2, 0.25) is 0 Å². The molecule has 3 rings (SSSR count). The molecule has 0 unspecified atom stereocenters. The molecule has 2 nitrogen and oxygen atoms in total. The van der Waals surface area contributed by atoms with Crippen LogP contribution in [-0.4, -0.2) is 7.05 Å². The third-order valence-electron chi connectivity index (χ3n) is 3.74. The van der Waals surface area contributed by atoms with Crippen LogP contribution < -0.4 is 10.2 Å². The Morgan fingerprint density at radius 3 is 1.86 bits per heavy atom. The van der Waals surface area contributed by atoms with Crippen LogP contribution in [0.3, 0.4) is 0 Å². The lowest BCUT2D eigenvalue weighted by molar-refractivity contribution is 1.15. The van der Waals surface area contributed by atoms with E-state index in [2.05, 4.69) is 90.1 Å². The van der Waals surface area contributed by atoms with Gasteiger partial charge in [0, 0.05) is 30.7 Å². The molecule has 2 heteroatoms. The van der Waals surface area contributed by atoms with Gasteiger partial charge in [0.15, 0.2) is 0 Å². The largest absolute Gasteiger partial charge is 0.381 e. The molecule has 0 aliphatic carbocycles. The number of hydrogen-bond donors (Lipinski definition) is 1. The summed E-state index contributed by atoms with van der Waals surface area (Å²) in [6.07, 6.45) is 0. The maximum absolute atomic E-state index is 3.45. The van der Waals surface area contributed by atoms with E-state index in [4.69, 9.17) is 0 Å². The zero-order valence-electron chi connectivity index (χ0n) is 12.7. The van der Waals surface area contributed by atoms with Crippen LogP contribution in [0.2, 0.25) is 0 Å². The quantitative estimate of drug-likeness (QED) is 0.705. The van der Waals surface area contributed by atoms with E-state index in [1.165, 1.54) is 16.9 Å². The summed E-state index contributed by atoms with van der Waals surface area (Å²) in [5, 5.41) is 3.45. The molecule has 110 valence electrons. The van der Waals surface area contributed by atoms with Crippen molar-refractivity contribution in [3.8, 4) is 0 Å². The van der Waals surface area contributed by atoms with Gasteiger partial charge in [-0.1, -0.05) is 48.5 Å². The summed E-state index contributed by atoms with van der Waals surface area (Å²) in [4.78, 5) is 2.18. The second-order valence-electron chi connectivity index (χ2n) is 5.28. The number of hydrogen-bond acceptors (Lipinski definition) is 2. The summed E-state index contributed by atoms with van der Waals surface area (Å²) in [6.45, 7) is 0.842. The normalized spacial score (nSPS) is 10.2. The monoisotopic (exact) mass is 288 g/mol. The van der Waals surface area contributed by atoms with Crippen molar-refractivity contribution in [1.82, 2.24) is 0 Å². The maximum atomic E-state index is 3.45. The predicted octanol–water partition coefficient (Wildman–Crippen LogP) is 5.07. The molecular weight excluding hydrogens is 268 g/mol. The minimum absolute atomic E-state index is 0.842. The minimum Gasteiger partial charge on any atom is -0.381 e. The zero-order valence-corrected chi connectivity index (χ0v) is 12.7. The number of para-hydroxylation sites is 1. The summed E-state index contributed by atoms with van der Waals surface area (Å²) in [7, 11) is 2.09. The van der Waals surface area contributed by atoms with E-state index < -0.39 is 0 Å². The van der Waals surface area contributed by atoms with Crippen LogP contribution in [0.5, 0.6) is 0 Å². The Morgan fingerprint density at radius 2 is 1.23 bits per heavy atom. The SMILES string of the molecule is CN(c1ccccc1)c1ccc(NCc2ccccc2)cc1. The van der Waals surface area contributed by atoms with Crippen LogP contribution >= 0.6 is 0 Å². The molecule has 0 amide bonds. The third-order valence-corrected chi connectivity index (χ3v) is 3.74. The molecule has 0 fully saturated rings. The van der Waals surface area contributed by atoms with Crippen LogP contribution in [0.15, 0.2) is 84.9 Å². The van der Waals surface area contributed by atoms with E-state index in [1.54, 1.807) is 0 Å². The molecule has 0 saturated carbocycles. The average Bonchev–Trinajstić information content (AvgIpc) is 2.61. The van der Waals surface area contributed by atoms with Crippen molar-refractivity contribution in [2.45, 2.75) is 6.54 Å². The average molecular weight is 288 g/mol. The molecule has 0 bridgehead atoms. The summed E-state index contributed by atoms with van der Waals surface area (Å²) in [5.74, 6) is 0. The van der Waals surface area contributed by atoms with E-state index in [9.17, 15) is 0 Å². The van der Waals surface area contributed by atoms with Crippen molar-refractivity contribution < 1.29 is 0 Å². The second kappa shape index (κ2) is 6.81. The van der Waals surface area contributed by atoms with Crippen LogP contribution in [0, 0.1) is 0 Å². The minimum atomic E-state index is 0.842. The maximum Gasteiger partial charge on any atom is 0.0409 e. The van der Waals surface area contributed by atoms with Crippen molar-refractivity contribution >= 4 is 17.1 Å². The highest BCUT2D eigenvalue weighted by Crippen LogP contribution is 2.24. The number of rotatable bonds is 5. The van der Waals surface area contributed by atoms with Crippen LogP contribution in [0.25, 0.3) is 0 Å². The Morgan fingerprint density at radius 1 is 0.682 bits per heavy atom. The van der Waals surface area contributed by atoms with Crippen LogP contribution in [-0.2, 0) is 6.54 Å². The highest BCUT2D eigenvalue weighted by atomic mass is 15.1. The molecular formula is C20H20N2. The molecule has 0 spiro atoms. The zero-order chi connectivity index (χ0) is 15.2. The standard InChI is InChI=1S/C20H20N2/c1-22(19-10-6-3-7-11-19)20-14-12-18(13-15-20)21-16-17-8-4-2-5-9-17/h2-15,21H,16H2,1H3. The first-order chi connectivity index (χ1) is 10.8. The van der Waals surface area contributed by atoms with Crippen molar-refractivity contribution in [1.29, 1.82) is 0 Å². The fourth-order valence-corrected chi connectivity index (χ4v) is 2.40. The van der Waals surface area contributed by atoms with Gasteiger partial charge in [0.25, 0.3) is 0 Å². The summed E-state index contributed by atoms with van der Waals surface area (Å²) < 4.78 is 0. The van der Waals surface area contributed by atoms with Gasteiger partial charge < -0.3 is 10.2 Å². The van der Waals surface area contributed by atoms with Crippen LogP contribution in [0.4, 0.5) is 17.1 Å². The molecule has 0 aliphatic heterocycles. The Kier molecular flexibility index (Phi) is 4.40. The fraction of sp³-hybridized carbons (Fsp3) is 0.100. The molecule has 0 aliphatic rings. The van der Waals surface area contributed by atoms with Gasteiger partial charge in [0.05, 0.1) is 0 Å². The molecule has 0 aromatic heterocycles. The number of nitrogens with one attached hydrogen (secondary N) is 1. The van der Waals surface area contributed by atoms with Gasteiger partial charge >= 0.3 is 0 Å². The van der Waals surface area contributed by atoms with Gasteiger partial charge in [0.1, 0.15) is 0 Å². The smallest absolute Gasteiger partial charge is 0.0409 e. The molecule has 1 N–H and O–H groups in total. The first-order valence-corrected chi connectivity index (χ1v) is 7.49. The van der Waals surface area contributed by atoms with E-state index in [-0.39, 0.29) is 0 Å². The Hall–Kier alpha value is -2.74. The molecule has 22 heavy (non-hydrogen) atoms. The first-order valence-electron chi connectivity index (χ1n) is 7.49. The van der Waals surface area contributed by atoms with Crippen molar-refractivity contribution in [3.63, 3.8) is 0 Å². The Labute approximate surface area is 132 Å². The molecule has 3 aromatic rings. The van der Waals surface area contributed by atoms with E-state index >= 15 is 0 Å². The molecule has 0 radical (unpaired) electrons. The van der Waals surface area contributed by atoms with E-state index in [0.29, 0.717) is 0 Å². The highest BCUT2D eigenvalue weighted by molar-refractivity contribution is 5.64. The van der Waals surface area contributed by atoms with Crippen molar-refractivity contribution in [2.24, 2.45) is 0 Å². The van der Waals surface area contributed by atoms with E-state index in [1.807, 2.05) is 12.1 Å². The molecule has 0 saturated heterocycles. The first kappa shape index (κ1) is 14.2. The van der Waals surface area contributed by atoms with Crippen LogP contribution in [0.1, 0.15) is 5.56 Å². The third kappa shape index (κ3) is 3.47. The Balaban J connectivity index is 1.65. The predicted molar refractivity (Wildman–Crippen MR) is 94.7 cm³/mol. The molecule has 0 heterocycles. The summed E-state index contributed by atoms with van der Waals surface area (Å²) in [5.41, 5.74) is 4.78. The molecule has 3 aromatic carbocycles. The van der Waals surface area contributed by atoms with Gasteiger partial charge in [-0.15, -0.1) is 0 Å². The van der Waals surface area contributed by atoms with Gasteiger partial charge in [-0.25, -0.2) is 0 Å². The van der Waals surface area contributed by atoms with E-state index in [0.717, 1.165) is 12.2 Å². The second-order valence-corrected chi connectivity index (χ2v) is 5.28. The highest BCUT2D eigenvalue weighted by Gasteiger charge is 2.03. The lowest BCUT2D eigenvalue weighted by Gasteiger charge is -2.19. The number of nitrogens with zero attached hydrogens (tertiary/aromatic N) is 1. The number of benzene rings is 3. The summed E-state index contributed by atoms with van der Waals surface area (Å²) >= 11 is 0. The van der Waals surface area contributed by atoms with Gasteiger partial charge in [-0.3, -0.25) is 0 Å². The fourth-order valence-electron chi connectivity index (χ4n) is 2.40. The van der Waals surface area contributed by atoms with Crippen molar-refractivity contribution in [3.05, 3.63) is 90.5 Å². The molecule has 0 atom stereocenters.